The summed E-state index contributed by atoms with van der Waals surface area (Å²) < 4.78 is 11.7. The van der Waals surface area contributed by atoms with Crippen LogP contribution in [0.25, 0.3) is 0 Å². The van der Waals surface area contributed by atoms with Crippen molar-refractivity contribution in [2.75, 3.05) is 19.9 Å². The van der Waals surface area contributed by atoms with Crippen LogP contribution in [0.1, 0.15) is 24.0 Å². The van der Waals surface area contributed by atoms with E-state index in [0.717, 1.165) is 48.3 Å². The number of hydrogen-bond acceptors (Lipinski definition) is 5. The Bertz CT molecular complexity index is 862. The second kappa shape index (κ2) is 8.75. The van der Waals surface area contributed by atoms with Crippen LogP contribution in [0.5, 0.6) is 11.5 Å². The van der Waals surface area contributed by atoms with E-state index in [9.17, 15) is 4.79 Å². The third-order valence-electron chi connectivity index (χ3n) is 5.06. The number of carbonyl (C=O) groups excluding carboxylic acids is 1. The summed E-state index contributed by atoms with van der Waals surface area (Å²) in [6.07, 6.45) is 3.33. The first-order valence-electron chi connectivity index (χ1n) is 9.37. The largest absolute Gasteiger partial charge is 0.454 e. The van der Waals surface area contributed by atoms with Gasteiger partial charge in [-0.25, -0.2) is 5.43 Å². The average molecular weight is 444 g/mol. The summed E-state index contributed by atoms with van der Waals surface area (Å²) in [5.41, 5.74) is 4.82. The number of rotatable bonds is 5. The molecule has 0 bridgehead atoms. The van der Waals surface area contributed by atoms with E-state index >= 15 is 0 Å². The van der Waals surface area contributed by atoms with Gasteiger partial charge in [-0.2, -0.15) is 5.10 Å². The lowest BCUT2D eigenvalue weighted by atomic mass is 9.96. The highest BCUT2D eigenvalue weighted by Gasteiger charge is 2.24. The molecule has 1 fully saturated rings. The molecule has 1 saturated heterocycles. The predicted octanol–water partition coefficient (Wildman–Crippen LogP) is 3.54. The van der Waals surface area contributed by atoms with E-state index < -0.39 is 0 Å². The summed E-state index contributed by atoms with van der Waals surface area (Å²) in [5, 5.41) is 4.10. The zero-order valence-corrected chi connectivity index (χ0v) is 17.0. The second-order valence-electron chi connectivity index (χ2n) is 7.02. The first kappa shape index (κ1) is 19.0. The summed E-state index contributed by atoms with van der Waals surface area (Å²) in [6, 6.07) is 14.0. The molecule has 1 N–H and O–H groups in total. The Labute approximate surface area is 172 Å². The van der Waals surface area contributed by atoms with Crippen molar-refractivity contribution in [1.29, 1.82) is 0 Å². The van der Waals surface area contributed by atoms with Gasteiger partial charge in [-0.15, -0.1) is 0 Å². The van der Waals surface area contributed by atoms with E-state index in [4.69, 9.17) is 9.47 Å². The summed E-state index contributed by atoms with van der Waals surface area (Å²) in [6.45, 7) is 3.00. The summed E-state index contributed by atoms with van der Waals surface area (Å²) in [4.78, 5) is 14.8. The first-order chi connectivity index (χ1) is 13.7. The Kier molecular flexibility index (Phi) is 5.92. The van der Waals surface area contributed by atoms with Gasteiger partial charge in [-0.05, 0) is 67.4 Å². The number of hydrazone groups is 1. The predicted molar refractivity (Wildman–Crippen MR) is 110 cm³/mol. The molecule has 28 heavy (non-hydrogen) atoms. The van der Waals surface area contributed by atoms with Crippen LogP contribution in [-0.4, -0.2) is 36.9 Å². The number of nitrogens with zero attached hydrogens (tertiary/aromatic N) is 2. The Balaban J connectivity index is 1.23. The van der Waals surface area contributed by atoms with Crippen LogP contribution in [0.15, 0.2) is 52.0 Å². The minimum Gasteiger partial charge on any atom is -0.454 e. The molecule has 0 radical (unpaired) electrons. The molecule has 0 unspecified atom stereocenters. The minimum atomic E-state index is -0.0136. The van der Waals surface area contributed by atoms with Crippen LogP contribution in [0.4, 0.5) is 0 Å². The van der Waals surface area contributed by atoms with Crippen LogP contribution < -0.4 is 14.9 Å². The molecule has 2 aliphatic rings. The van der Waals surface area contributed by atoms with Gasteiger partial charge in [0.25, 0.3) is 0 Å². The molecule has 0 aromatic heterocycles. The summed E-state index contributed by atoms with van der Waals surface area (Å²) in [7, 11) is 0. The van der Waals surface area contributed by atoms with E-state index in [-0.39, 0.29) is 18.6 Å². The van der Waals surface area contributed by atoms with Gasteiger partial charge in [0.15, 0.2) is 11.5 Å². The first-order valence-corrected chi connectivity index (χ1v) is 10.2. The maximum absolute atomic E-state index is 12.4. The lowest BCUT2D eigenvalue weighted by Gasteiger charge is -2.30. The van der Waals surface area contributed by atoms with Crippen molar-refractivity contribution in [3.05, 3.63) is 58.1 Å². The Morgan fingerprint density at radius 2 is 1.89 bits per heavy atom. The van der Waals surface area contributed by atoms with Crippen LogP contribution in [-0.2, 0) is 11.3 Å². The fourth-order valence-electron chi connectivity index (χ4n) is 3.46. The standard InChI is InChI=1S/C21H22BrN3O3/c22-18-4-1-15(2-5-18)13-25-9-7-17(8-10-25)21(26)24-23-12-16-3-6-19-20(11-16)28-14-27-19/h1-6,11-12,17H,7-10,13-14H2,(H,24,26)/b23-12-. The Morgan fingerprint density at radius 1 is 1.14 bits per heavy atom. The van der Waals surface area contributed by atoms with E-state index in [1.165, 1.54) is 5.56 Å². The zero-order valence-electron chi connectivity index (χ0n) is 15.4. The molecule has 6 nitrogen and oxygen atoms in total. The Morgan fingerprint density at radius 3 is 2.68 bits per heavy atom. The molecule has 0 atom stereocenters. The van der Waals surface area contributed by atoms with E-state index in [1.807, 2.05) is 18.2 Å². The molecule has 7 heteroatoms. The monoisotopic (exact) mass is 443 g/mol. The third-order valence-corrected chi connectivity index (χ3v) is 5.59. The molecule has 0 spiro atoms. The van der Waals surface area contributed by atoms with Crippen LogP contribution in [0.3, 0.4) is 0 Å². The molecule has 0 aliphatic carbocycles. The van der Waals surface area contributed by atoms with Crippen molar-refractivity contribution in [2.24, 2.45) is 11.0 Å². The highest BCUT2D eigenvalue weighted by molar-refractivity contribution is 9.10. The normalized spacial score (nSPS) is 17.2. The van der Waals surface area contributed by atoms with Crippen molar-refractivity contribution in [3.63, 3.8) is 0 Å². The van der Waals surface area contributed by atoms with Gasteiger partial charge in [-0.1, -0.05) is 28.1 Å². The fourth-order valence-corrected chi connectivity index (χ4v) is 3.72. The number of piperidine rings is 1. The van der Waals surface area contributed by atoms with Gasteiger partial charge in [0, 0.05) is 16.9 Å². The molecule has 2 aromatic carbocycles. The number of hydrogen-bond donors (Lipinski definition) is 1. The van der Waals surface area contributed by atoms with Gasteiger partial charge in [0.1, 0.15) is 0 Å². The fraction of sp³-hybridized carbons (Fsp3) is 0.333. The number of halogens is 1. The van der Waals surface area contributed by atoms with Crippen molar-refractivity contribution < 1.29 is 14.3 Å². The van der Waals surface area contributed by atoms with Gasteiger partial charge in [0.2, 0.25) is 12.7 Å². The quantitative estimate of drug-likeness (QED) is 0.566. The molecule has 4 rings (SSSR count). The second-order valence-corrected chi connectivity index (χ2v) is 7.94. The Hall–Kier alpha value is -2.38. The molecular formula is C21H22BrN3O3. The van der Waals surface area contributed by atoms with Crippen molar-refractivity contribution in [3.8, 4) is 11.5 Å². The minimum absolute atomic E-state index is 0.00933. The average Bonchev–Trinajstić information content (AvgIpc) is 3.18. The van der Waals surface area contributed by atoms with E-state index in [2.05, 4.69) is 55.6 Å². The maximum Gasteiger partial charge on any atom is 0.243 e. The number of benzene rings is 2. The summed E-state index contributed by atoms with van der Waals surface area (Å²) >= 11 is 3.46. The molecule has 146 valence electrons. The van der Waals surface area contributed by atoms with Gasteiger partial charge in [-0.3, -0.25) is 9.69 Å². The van der Waals surface area contributed by atoms with Crippen LogP contribution in [0.2, 0.25) is 0 Å². The molecule has 2 aromatic rings. The topological polar surface area (TPSA) is 63.2 Å². The highest BCUT2D eigenvalue weighted by atomic mass is 79.9. The van der Waals surface area contributed by atoms with Gasteiger partial charge >= 0.3 is 0 Å². The number of nitrogens with one attached hydrogen (secondary N) is 1. The van der Waals surface area contributed by atoms with Gasteiger partial charge < -0.3 is 9.47 Å². The molecule has 0 saturated carbocycles. The number of amides is 1. The summed E-state index contributed by atoms with van der Waals surface area (Å²) in [5.74, 6) is 1.43. The highest BCUT2D eigenvalue weighted by Crippen LogP contribution is 2.32. The zero-order chi connectivity index (χ0) is 19.3. The lowest BCUT2D eigenvalue weighted by Crippen LogP contribution is -2.39. The smallest absolute Gasteiger partial charge is 0.243 e. The van der Waals surface area contributed by atoms with Crippen molar-refractivity contribution in [2.45, 2.75) is 19.4 Å². The van der Waals surface area contributed by atoms with Crippen LogP contribution in [0, 0.1) is 5.92 Å². The molecular weight excluding hydrogens is 422 g/mol. The lowest BCUT2D eigenvalue weighted by molar-refractivity contribution is -0.126. The van der Waals surface area contributed by atoms with E-state index in [1.54, 1.807) is 6.21 Å². The third kappa shape index (κ3) is 4.72. The van der Waals surface area contributed by atoms with Crippen LogP contribution >= 0.6 is 15.9 Å². The van der Waals surface area contributed by atoms with Gasteiger partial charge in [0.05, 0.1) is 6.21 Å². The molecule has 2 heterocycles. The van der Waals surface area contributed by atoms with Crippen molar-refractivity contribution in [1.82, 2.24) is 10.3 Å². The number of carbonyl (C=O) groups is 1. The van der Waals surface area contributed by atoms with Crippen molar-refractivity contribution >= 4 is 28.1 Å². The van der Waals surface area contributed by atoms with E-state index in [0.29, 0.717) is 5.75 Å². The molecule has 1 amide bonds. The molecule has 2 aliphatic heterocycles. The maximum atomic E-state index is 12.4. The SMILES string of the molecule is O=C(N/N=C\c1ccc2c(c1)OCO2)C1CCN(Cc2ccc(Br)cc2)CC1. The number of ether oxygens (including phenoxy) is 2. The number of likely N-dealkylation sites (tertiary alicyclic amines) is 1. The number of fused-ring (bicyclic) bond motifs is 1.